The van der Waals surface area contributed by atoms with Crippen molar-refractivity contribution in [3.63, 3.8) is 0 Å². The summed E-state index contributed by atoms with van der Waals surface area (Å²) in [6, 6.07) is 12.6. The van der Waals surface area contributed by atoms with Gasteiger partial charge in [-0.3, -0.25) is 0 Å². The Labute approximate surface area is 208 Å². The van der Waals surface area contributed by atoms with E-state index in [4.69, 9.17) is 19.4 Å². The molecule has 3 aromatic heterocycles. The highest BCUT2D eigenvalue weighted by Crippen LogP contribution is 2.38. The highest BCUT2D eigenvalue weighted by molar-refractivity contribution is 7.16. The summed E-state index contributed by atoms with van der Waals surface area (Å²) < 4.78 is 11.2. The van der Waals surface area contributed by atoms with Crippen molar-refractivity contribution >= 4 is 39.4 Å². The molecular formula is C27H27N3O2S2. The normalized spacial score (nSPS) is 12.5. The number of benzene rings is 1. The number of hydrogen-bond donors (Lipinski definition) is 1. The molecule has 5 nitrogen and oxygen atoms in total. The Kier molecular flexibility index (Phi) is 6.39. The van der Waals surface area contributed by atoms with Gasteiger partial charge in [-0.25, -0.2) is 9.97 Å². The van der Waals surface area contributed by atoms with E-state index in [0.29, 0.717) is 17.5 Å². The Hall–Kier alpha value is -3.16. The number of anilines is 2. The molecule has 0 unspecified atom stereocenters. The molecule has 1 aliphatic heterocycles. The Morgan fingerprint density at radius 2 is 2.12 bits per heavy atom. The summed E-state index contributed by atoms with van der Waals surface area (Å²) >= 11 is 3.36. The zero-order valence-corrected chi connectivity index (χ0v) is 21.2. The summed E-state index contributed by atoms with van der Waals surface area (Å²) in [5.74, 6) is 2.76. The lowest BCUT2D eigenvalue weighted by molar-refractivity contribution is 0.357. The molecule has 4 heterocycles. The van der Waals surface area contributed by atoms with Crippen LogP contribution in [0.4, 0.5) is 10.9 Å². The van der Waals surface area contributed by atoms with Gasteiger partial charge in [-0.1, -0.05) is 26.5 Å². The molecule has 0 amide bonds. The molecule has 0 spiro atoms. The standard InChI is InChI=1S/C27H27N3O2S2/c1-16(2)12-24-25(19-7-8-22-18(13-19)9-10-32-22)29-27(34-24)30-26-21(17(3)31-4)14-20(15-28-26)23-6-5-11-33-23/h5-8,11,13-16H,3,9-10,12H2,1-2,4H3,(H,28,29,30). The van der Waals surface area contributed by atoms with E-state index in [2.05, 4.69) is 61.5 Å². The summed E-state index contributed by atoms with van der Waals surface area (Å²) in [6.07, 6.45) is 3.79. The van der Waals surface area contributed by atoms with E-state index in [1.807, 2.05) is 12.3 Å². The fourth-order valence-corrected chi connectivity index (χ4v) is 5.94. The molecule has 4 aromatic rings. The quantitative estimate of drug-likeness (QED) is 0.261. The predicted octanol–water partition coefficient (Wildman–Crippen LogP) is 7.43. The Bertz CT molecular complexity index is 1330. The average Bonchev–Trinajstić information content (AvgIpc) is 3.59. The van der Waals surface area contributed by atoms with Crippen molar-refractivity contribution < 1.29 is 9.47 Å². The Balaban J connectivity index is 1.51. The molecule has 0 bridgehead atoms. The lowest BCUT2D eigenvalue weighted by Gasteiger charge is -2.12. The lowest BCUT2D eigenvalue weighted by atomic mass is 10.0. The van der Waals surface area contributed by atoms with Gasteiger partial charge in [0.05, 0.1) is 25.0 Å². The average molecular weight is 490 g/mol. The van der Waals surface area contributed by atoms with Crippen LogP contribution in [0, 0.1) is 5.92 Å². The molecule has 34 heavy (non-hydrogen) atoms. The summed E-state index contributed by atoms with van der Waals surface area (Å²) in [7, 11) is 1.63. The zero-order valence-electron chi connectivity index (χ0n) is 19.6. The van der Waals surface area contributed by atoms with Crippen LogP contribution in [0.3, 0.4) is 0 Å². The Morgan fingerprint density at radius 1 is 1.24 bits per heavy atom. The number of thiophene rings is 1. The largest absolute Gasteiger partial charge is 0.497 e. The highest BCUT2D eigenvalue weighted by atomic mass is 32.1. The summed E-state index contributed by atoms with van der Waals surface area (Å²) in [6.45, 7) is 9.30. The van der Waals surface area contributed by atoms with Crippen LogP contribution in [0.5, 0.6) is 5.75 Å². The van der Waals surface area contributed by atoms with E-state index in [1.165, 1.54) is 10.4 Å². The van der Waals surface area contributed by atoms with E-state index in [0.717, 1.165) is 57.6 Å². The van der Waals surface area contributed by atoms with Gasteiger partial charge in [-0.05, 0) is 53.6 Å². The first-order valence-corrected chi connectivity index (χ1v) is 13.0. The fourth-order valence-electron chi connectivity index (χ4n) is 4.04. The van der Waals surface area contributed by atoms with Crippen LogP contribution in [-0.2, 0) is 17.6 Å². The van der Waals surface area contributed by atoms with Crippen LogP contribution in [0.1, 0.15) is 29.9 Å². The van der Waals surface area contributed by atoms with Crippen molar-refractivity contribution in [3.8, 4) is 27.4 Å². The third-order valence-corrected chi connectivity index (χ3v) is 7.63. The minimum atomic E-state index is 0.525. The third kappa shape index (κ3) is 4.58. The van der Waals surface area contributed by atoms with Crippen molar-refractivity contribution in [3.05, 3.63) is 70.6 Å². The molecule has 7 heteroatoms. The minimum Gasteiger partial charge on any atom is -0.497 e. The molecule has 0 fully saturated rings. The number of ether oxygens (including phenoxy) is 2. The van der Waals surface area contributed by atoms with Gasteiger partial charge in [0, 0.05) is 33.5 Å². The maximum atomic E-state index is 5.69. The van der Waals surface area contributed by atoms with Crippen molar-refractivity contribution in [2.75, 3.05) is 19.0 Å². The first-order valence-electron chi connectivity index (χ1n) is 11.3. The molecule has 0 radical (unpaired) electrons. The Morgan fingerprint density at radius 3 is 2.88 bits per heavy atom. The van der Waals surface area contributed by atoms with Crippen molar-refractivity contribution in [1.29, 1.82) is 0 Å². The number of fused-ring (bicyclic) bond motifs is 1. The van der Waals surface area contributed by atoms with Crippen LogP contribution in [0.2, 0.25) is 0 Å². The van der Waals surface area contributed by atoms with Crippen molar-refractivity contribution in [2.45, 2.75) is 26.7 Å². The zero-order chi connectivity index (χ0) is 23.7. The maximum Gasteiger partial charge on any atom is 0.189 e. The second-order valence-corrected chi connectivity index (χ2v) is 10.7. The van der Waals surface area contributed by atoms with Crippen LogP contribution in [-0.4, -0.2) is 23.7 Å². The molecule has 5 rings (SSSR count). The summed E-state index contributed by atoms with van der Waals surface area (Å²) in [4.78, 5) is 12.2. The van der Waals surface area contributed by atoms with Gasteiger partial charge in [0.25, 0.3) is 0 Å². The molecule has 1 aliphatic rings. The molecule has 1 N–H and O–H groups in total. The minimum absolute atomic E-state index is 0.525. The SMILES string of the molecule is C=C(OC)c1cc(-c2cccs2)cnc1Nc1nc(-c2ccc3c(c2)CCO3)c(CC(C)C)s1. The monoisotopic (exact) mass is 489 g/mol. The molecular weight excluding hydrogens is 462 g/mol. The number of rotatable bonds is 8. The van der Waals surface area contributed by atoms with Gasteiger partial charge < -0.3 is 14.8 Å². The van der Waals surface area contributed by atoms with Gasteiger partial charge >= 0.3 is 0 Å². The number of pyridine rings is 1. The van der Waals surface area contributed by atoms with Gasteiger partial charge in [-0.2, -0.15) is 0 Å². The van der Waals surface area contributed by atoms with Crippen LogP contribution >= 0.6 is 22.7 Å². The molecule has 174 valence electrons. The number of aromatic nitrogens is 2. The summed E-state index contributed by atoms with van der Waals surface area (Å²) in [5, 5.41) is 6.32. The number of methoxy groups -OCH3 is 1. The molecule has 0 saturated carbocycles. The van der Waals surface area contributed by atoms with Crippen LogP contribution in [0.15, 0.2) is 54.6 Å². The smallest absolute Gasteiger partial charge is 0.189 e. The molecule has 0 atom stereocenters. The van der Waals surface area contributed by atoms with Crippen molar-refractivity contribution in [2.24, 2.45) is 5.92 Å². The maximum absolute atomic E-state index is 5.69. The predicted molar refractivity (Wildman–Crippen MR) is 142 cm³/mol. The van der Waals surface area contributed by atoms with E-state index < -0.39 is 0 Å². The topological polar surface area (TPSA) is 56.3 Å². The molecule has 0 aliphatic carbocycles. The van der Waals surface area contributed by atoms with E-state index in [9.17, 15) is 0 Å². The van der Waals surface area contributed by atoms with Gasteiger partial charge in [-0.15, -0.1) is 22.7 Å². The molecule has 1 aromatic carbocycles. The van der Waals surface area contributed by atoms with Crippen LogP contribution in [0.25, 0.3) is 27.5 Å². The number of nitrogens with zero attached hydrogens (tertiary/aromatic N) is 2. The number of nitrogens with one attached hydrogen (secondary N) is 1. The van der Waals surface area contributed by atoms with Gasteiger partial charge in [0.2, 0.25) is 0 Å². The van der Waals surface area contributed by atoms with Gasteiger partial charge in [0.15, 0.2) is 5.13 Å². The fraction of sp³-hybridized carbons (Fsp3) is 0.259. The first kappa shape index (κ1) is 22.6. The highest BCUT2D eigenvalue weighted by Gasteiger charge is 2.20. The first-order chi connectivity index (χ1) is 16.5. The second-order valence-electron chi connectivity index (χ2n) is 8.66. The lowest BCUT2D eigenvalue weighted by Crippen LogP contribution is -2.00. The van der Waals surface area contributed by atoms with E-state index >= 15 is 0 Å². The van der Waals surface area contributed by atoms with E-state index in [-0.39, 0.29) is 0 Å². The van der Waals surface area contributed by atoms with E-state index in [1.54, 1.807) is 29.8 Å². The summed E-state index contributed by atoms with van der Waals surface area (Å²) in [5.41, 5.74) is 5.27. The third-order valence-electron chi connectivity index (χ3n) is 5.72. The second kappa shape index (κ2) is 9.60. The van der Waals surface area contributed by atoms with Gasteiger partial charge in [0.1, 0.15) is 17.3 Å². The molecule has 0 saturated heterocycles. The van der Waals surface area contributed by atoms with Crippen molar-refractivity contribution in [1.82, 2.24) is 9.97 Å². The number of hydrogen-bond acceptors (Lipinski definition) is 7. The number of thiazole rings is 1. The van der Waals surface area contributed by atoms with Crippen LogP contribution < -0.4 is 10.1 Å².